The molecule has 0 radical (unpaired) electrons. The zero-order valence-corrected chi connectivity index (χ0v) is 6.90. The van der Waals surface area contributed by atoms with E-state index in [0.717, 1.165) is 5.56 Å². The Hall–Kier alpha value is -1.45. The lowest BCUT2D eigenvalue weighted by atomic mass is 10.1. The topological polar surface area (TPSA) is 29.1 Å². The third-order valence-electron chi connectivity index (χ3n) is 2.05. The van der Waals surface area contributed by atoms with E-state index in [2.05, 4.69) is 5.32 Å². The van der Waals surface area contributed by atoms with Crippen LogP contribution in [0, 0.1) is 6.92 Å². The molecule has 13 heavy (non-hydrogen) atoms. The fraction of sp³-hybridized carbons (Fsp3) is 0.222. The van der Waals surface area contributed by atoms with Crippen molar-refractivity contribution < 1.29 is 13.6 Å². The number of hydrogen-bond acceptors (Lipinski definition) is 1. The van der Waals surface area contributed by atoms with Gasteiger partial charge in [-0.05, 0) is 19.1 Å². The van der Waals surface area contributed by atoms with Gasteiger partial charge in [0.2, 0.25) is 0 Å². The van der Waals surface area contributed by atoms with E-state index in [9.17, 15) is 13.6 Å². The van der Waals surface area contributed by atoms with Gasteiger partial charge in [0.05, 0.1) is 11.3 Å². The highest BCUT2D eigenvalue weighted by Gasteiger charge is 2.48. The van der Waals surface area contributed by atoms with Gasteiger partial charge in [-0.3, -0.25) is 4.79 Å². The average Bonchev–Trinajstić information content (AvgIpc) is 2.27. The molecule has 0 saturated carbocycles. The van der Waals surface area contributed by atoms with E-state index in [-0.39, 0.29) is 11.3 Å². The molecule has 0 aromatic heterocycles. The van der Waals surface area contributed by atoms with E-state index in [1.807, 2.05) is 0 Å². The van der Waals surface area contributed by atoms with Crippen molar-refractivity contribution in [3.05, 3.63) is 29.3 Å². The predicted octanol–water partition coefficient (Wildman–Crippen LogP) is 2.04. The second-order valence-corrected chi connectivity index (χ2v) is 3.08. The van der Waals surface area contributed by atoms with E-state index in [0.29, 0.717) is 0 Å². The van der Waals surface area contributed by atoms with Crippen LogP contribution in [0.1, 0.15) is 11.1 Å². The number of halogens is 2. The summed E-state index contributed by atoms with van der Waals surface area (Å²) in [5, 5.41) is 2.13. The van der Waals surface area contributed by atoms with Gasteiger partial charge in [-0.2, -0.15) is 8.78 Å². The van der Waals surface area contributed by atoms with Gasteiger partial charge in [-0.15, -0.1) is 0 Å². The first-order chi connectivity index (χ1) is 6.01. The van der Waals surface area contributed by atoms with Gasteiger partial charge in [0, 0.05) is 0 Å². The first kappa shape index (κ1) is 8.16. The molecule has 2 rings (SSSR count). The lowest BCUT2D eigenvalue weighted by Gasteiger charge is -2.06. The number of hydrogen-bond donors (Lipinski definition) is 1. The SMILES string of the molecule is Cc1ccc2c(c1)C(F)(F)C(=O)N2. The van der Waals surface area contributed by atoms with E-state index >= 15 is 0 Å². The molecule has 0 saturated heterocycles. The number of amides is 1. The van der Waals surface area contributed by atoms with Crippen molar-refractivity contribution in [3.8, 4) is 0 Å². The molecule has 4 heteroatoms. The molecule has 1 aliphatic rings. The smallest absolute Gasteiger partial charge is 0.320 e. The Kier molecular flexibility index (Phi) is 1.43. The molecule has 0 atom stereocenters. The highest BCUT2D eigenvalue weighted by Crippen LogP contribution is 2.40. The third kappa shape index (κ3) is 1.02. The maximum absolute atomic E-state index is 13.1. The Bertz CT molecular complexity index is 387. The van der Waals surface area contributed by atoms with Crippen molar-refractivity contribution in [2.45, 2.75) is 12.8 Å². The Labute approximate surface area is 73.6 Å². The van der Waals surface area contributed by atoms with Crippen molar-refractivity contribution >= 4 is 11.6 Å². The van der Waals surface area contributed by atoms with Gasteiger partial charge in [0.15, 0.2) is 0 Å². The summed E-state index contributed by atoms with van der Waals surface area (Å²) in [5.74, 6) is -4.62. The van der Waals surface area contributed by atoms with E-state index in [1.54, 1.807) is 13.0 Å². The van der Waals surface area contributed by atoms with Crippen LogP contribution in [0.5, 0.6) is 0 Å². The molecule has 0 unspecified atom stereocenters. The van der Waals surface area contributed by atoms with Crippen molar-refractivity contribution in [1.82, 2.24) is 0 Å². The zero-order valence-electron chi connectivity index (χ0n) is 6.90. The summed E-state index contributed by atoms with van der Waals surface area (Å²) in [6.07, 6.45) is 0. The third-order valence-corrected chi connectivity index (χ3v) is 2.05. The number of alkyl halides is 2. The molecule has 0 spiro atoms. The molecule has 1 aromatic rings. The molecule has 1 heterocycles. The van der Waals surface area contributed by atoms with Crippen molar-refractivity contribution in [2.24, 2.45) is 0 Å². The van der Waals surface area contributed by atoms with Crippen LogP contribution in [0.4, 0.5) is 14.5 Å². The molecular weight excluding hydrogens is 176 g/mol. The lowest BCUT2D eigenvalue weighted by molar-refractivity contribution is -0.139. The normalized spacial score (nSPS) is 18.2. The van der Waals surface area contributed by atoms with Crippen LogP contribution in [0.15, 0.2) is 18.2 Å². The second-order valence-electron chi connectivity index (χ2n) is 3.08. The molecule has 1 aliphatic heterocycles. The van der Waals surface area contributed by atoms with Crippen molar-refractivity contribution in [1.29, 1.82) is 0 Å². The lowest BCUT2D eigenvalue weighted by Crippen LogP contribution is -2.23. The Morgan fingerprint density at radius 3 is 2.77 bits per heavy atom. The van der Waals surface area contributed by atoms with Gasteiger partial charge in [0.25, 0.3) is 5.91 Å². The maximum atomic E-state index is 13.1. The number of nitrogens with one attached hydrogen (secondary N) is 1. The van der Waals surface area contributed by atoms with Gasteiger partial charge < -0.3 is 5.32 Å². The summed E-state index contributed by atoms with van der Waals surface area (Å²) in [6.45, 7) is 1.71. The minimum absolute atomic E-state index is 0.209. The molecule has 2 nitrogen and oxygen atoms in total. The number of fused-ring (bicyclic) bond motifs is 1. The quantitative estimate of drug-likeness (QED) is 0.655. The highest BCUT2D eigenvalue weighted by atomic mass is 19.3. The fourth-order valence-corrected chi connectivity index (χ4v) is 1.35. The average molecular weight is 183 g/mol. The number of anilines is 1. The van der Waals surface area contributed by atoms with Gasteiger partial charge in [0.1, 0.15) is 0 Å². The van der Waals surface area contributed by atoms with Crippen LogP contribution >= 0.6 is 0 Å². The molecule has 0 aliphatic carbocycles. The fourth-order valence-electron chi connectivity index (χ4n) is 1.35. The molecule has 1 N–H and O–H groups in total. The van der Waals surface area contributed by atoms with Crippen LogP contribution in [0.25, 0.3) is 0 Å². The molecule has 68 valence electrons. The van der Waals surface area contributed by atoms with Gasteiger partial charge in [-0.1, -0.05) is 11.6 Å². The summed E-state index contributed by atoms with van der Waals surface area (Å²) in [6, 6.07) is 4.50. The Morgan fingerprint density at radius 2 is 2.08 bits per heavy atom. The van der Waals surface area contributed by atoms with E-state index in [1.165, 1.54) is 12.1 Å². The number of benzene rings is 1. The number of aryl methyl sites for hydroxylation is 1. The van der Waals surface area contributed by atoms with Crippen LogP contribution in [0.2, 0.25) is 0 Å². The molecule has 1 aromatic carbocycles. The van der Waals surface area contributed by atoms with Gasteiger partial charge >= 0.3 is 5.92 Å². The standard InChI is InChI=1S/C9H7F2NO/c1-5-2-3-7-6(4-5)9(10,11)8(13)12-7/h2-4H,1H3,(H,12,13). The minimum atomic E-state index is -3.37. The molecule has 0 fully saturated rings. The molecule has 0 bridgehead atoms. The summed E-state index contributed by atoms with van der Waals surface area (Å²) in [5.41, 5.74) is 0.702. The monoisotopic (exact) mass is 183 g/mol. The van der Waals surface area contributed by atoms with Crippen LogP contribution in [0.3, 0.4) is 0 Å². The first-order valence-corrected chi connectivity index (χ1v) is 3.82. The Morgan fingerprint density at radius 1 is 1.38 bits per heavy atom. The van der Waals surface area contributed by atoms with Crippen LogP contribution in [-0.4, -0.2) is 5.91 Å². The van der Waals surface area contributed by atoms with E-state index < -0.39 is 11.8 Å². The predicted molar refractivity (Wildman–Crippen MR) is 43.7 cm³/mol. The summed E-state index contributed by atoms with van der Waals surface area (Å²) < 4.78 is 26.2. The number of carbonyl (C=O) groups excluding carboxylic acids is 1. The molecular formula is C9H7F2NO. The van der Waals surface area contributed by atoms with Gasteiger partial charge in [-0.25, -0.2) is 0 Å². The van der Waals surface area contributed by atoms with Crippen LogP contribution in [-0.2, 0) is 10.7 Å². The summed E-state index contributed by atoms with van der Waals surface area (Å²) in [4.78, 5) is 10.8. The zero-order chi connectivity index (χ0) is 9.64. The molecule has 1 amide bonds. The Balaban J connectivity index is 2.64. The highest BCUT2D eigenvalue weighted by molar-refractivity contribution is 6.03. The summed E-state index contributed by atoms with van der Waals surface area (Å²) >= 11 is 0. The maximum Gasteiger partial charge on any atom is 0.352 e. The first-order valence-electron chi connectivity index (χ1n) is 3.82. The number of carbonyl (C=O) groups is 1. The van der Waals surface area contributed by atoms with E-state index in [4.69, 9.17) is 0 Å². The largest absolute Gasteiger partial charge is 0.352 e. The van der Waals surface area contributed by atoms with Crippen molar-refractivity contribution in [2.75, 3.05) is 5.32 Å². The number of rotatable bonds is 0. The summed E-state index contributed by atoms with van der Waals surface area (Å²) in [7, 11) is 0. The van der Waals surface area contributed by atoms with Crippen molar-refractivity contribution in [3.63, 3.8) is 0 Å². The second kappa shape index (κ2) is 2.28. The van der Waals surface area contributed by atoms with Crippen LogP contribution < -0.4 is 5.32 Å². The minimum Gasteiger partial charge on any atom is -0.320 e.